The van der Waals surface area contributed by atoms with Crippen LogP contribution in [0.15, 0.2) is 42.5 Å². The second-order valence-corrected chi connectivity index (χ2v) is 6.80. The van der Waals surface area contributed by atoms with Crippen LogP contribution in [0.2, 0.25) is 0 Å². The minimum atomic E-state index is -0.844. The lowest BCUT2D eigenvalue weighted by Crippen LogP contribution is -1.97. The van der Waals surface area contributed by atoms with Gasteiger partial charge in [-0.25, -0.2) is 9.78 Å². The molecule has 3 nitrogen and oxygen atoms in total. The lowest BCUT2D eigenvalue weighted by atomic mass is 10.0. The number of hydrogen-bond donors (Lipinski definition) is 1. The van der Waals surface area contributed by atoms with Crippen molar-refractivity contribution in [3.63, 3.8) is 0 Å². The van der Waals surface area contributed by atoms with E-state index >= 15 is 0 Å². The predicted molar refractivity (Wildman–Crippen MR) is 87.8 cm³/mol. The second kappa shape index (κ2) is 5.21. The van der Waals surface area contributed by atoms with Gasteiger partial charge in [0, 0.05) is 12.3 Å². The normalized spacial score (nSPS) is 14.4. The largest absolute Gasteiger partial charge is 0.477 e. The maximum atomic E-state index is 11.4. The van der Waals surface area contributed by atoms with E-state index in [0.717, 1.165) is 23.5 Å². The Morgan fingerprint density at radius 1 is 1.18 bits per heavy atom. The van der Waals surface area contributed by atoms with Gasteiger partial charge in [-0.15, -0.1) is 11.3 Å². The van der Waals surface area contributed by atoms with E-state index in [9.17, 15) is 9.90 Å². The average molecular weight is 309 g/mol. The molecule has 0 unspecified atom stereocenters. The van der Waals surface area contributed by atoms with Crippen LogP contribution in [0.1, 0.15) is 44.7 Å². The molecular formula is C18H15NO2S. The SMILES string of the molecule is O=C(O)c1sc(Cc2cccc3ccccc23)nc1C1CC1. The van der Waals surface area contributed by atoms with Gasteiger partial charge >= 0.3 is 5.97 Å². The van der Waals surface area contributed by atoms with Crippen molar-refractivity contribution in [2.24, 2.45) is 0 Å². The van der Waals surface area contributed by atoms with Gasteiger partial charge in [-0.2, -0.15) is 0 Å². The van der Waals surface area contributed by atoms with Crippen LogP contribution >= 0.6 is 11.3 Å². The highest BCUT2D eigenvalue weighted by Crippen LogP contribution is 2.43. The Bertz CT molecular complexity index is 859. The summed E-state index contributed by atoms with van der Waals surface area (Å²) < 4.78 is 0. The van der Waals surface area contributed by atoms with Crippen molar-refractivity contribution in [1.29, 1.82) is 0 Å². The summed E-state index contributed by atoms with van der Waals surface area (Å²) in [7, 11) is 0. The molecule has 0 spiro atoms. The van der Waals surface area contributed by atoms with Crippen LogP contribution in [0.25, 0.3) is 10.8 Å². The van der Waals surface area contributed by atoms with E-state index in [2.05, 4.69) is 29.2 Å². The third-order valence-electron chi connectivity index (χ3n) is 4.08. The Morgan fingerprint density at radius 2 is 1.95 bits per heavy atom. The smallest absolute Gasteiger partial charge is 0.347 e. The first-order valence-electron chi connectivity index (χ1n) is 7.42. The number of thiazole rings is 1. The molecule has 3 aromatic rings. The summed E-state index contributed by atoms with van der Waals surface area (Å²) in [5.41, 5.74) is 2.00. The maximum Gasteiger partial charge on any atom is 0.347 e. The predicted octanol–water partition coefficient (Wildman–Crippen LogP) is 4.46. The molecule has 22 heavy (non-hydrogen) atoms. The van der Waals surface area contributed by atoms with Crippen LogP contribution in [0.5, 0.6) is 0 Å². The molecule has 0 aliphatic heterocycles. The first kappa shape index (κ1) is 13.5. The summed E-state index contributed by atoms with van der Waals surface area (Å²) in [6.45, 7) is 0. The third-order valence-corrected chi connectivity index (χ3v) is 5.14. The van der Waals surface area contributed by atoms with Crippen molar-refractivity contribution in [2.75, 3.05) is 0 Å². The van der Waals surface area contributed by atoms with Crippen LogP contribution in [0.3, 0.4) is 0 Å². The highest BCUT2D eigenvalue weighted by molar-refractivity contribution is 7.13. The molecule has 1 aliphatic rings. The molecular weight excluding hydrogens is 294 g/mol. The molecule has 110 valence electrons. The topological polar surface area (TPSA) is 50.2 Å². The summed E-state index contributed by atoms with van der Waals surface area (Å²) in [4.78, 5) is 16.5. The van der Waals surface area contributed by atoms with Gasteiger partial charge in [0.05, 0.1) is 10.7 Å². The summed E-state index contributed by atoms with van der Waals surface area (Å²) >= 11 is 1.33. The number of fused-ring (bicyclic) bond motifs is 1. The number of hydrogen-bond acceptors (Lipinski definition) is 3. The summed E-state index contributed by atoms with van der Waals surface area (Å²) in [5.74, 6) is -0.479. The van der Waals surface area contributed by atoms with Gasteiger partial charge in [-0.05, 0) is 29.2 Å². The van der Waals surface area contributed by atoms with Gasteiger partial charge in [-0.3, -0.25) is 0 Å². The van der Waals surface area contributed by atoms with Crippen LogP contribution in [0.4, 0.5) is 0 Å². The van der Waals surface area contributed by atoms with Crippen molar-refractivity contribution < 1.29 is 9.90 Å². The fraction of sp³-hybridized carbons (Fsp3) is 0.222. The summed E-state index contributed by atoms with van der Waals surface area (Å²) in [6, 6.07) is 14.5. The van der Waals surface area contributed by atoms with Gasteiger partial charge in [-0.1, -0.05) is 42.5 Å². The minimum absolute atomic E-state index is 0.364. The number of rotatable bonds is 4. The molecule has 1 saturated carbocycles. The van der Waals surface area contributed by atoms with E-state index in [4.69, 9.17) is 0 Å². The quantitative estimate of drug-likeness (QED) is 0.774. The molecule has 1 aromatic heterocycles. The molecule has 2 aromatic carbocycles. The monoisotopic (exact) mass is 309 g/mol. The molecule has 0 atom stereocenters. The van der Waals surface area contributed by atoms with Crippen molar-refractivity contribution in [3.05, 3.63) is 63.6 Å². The van der Waals surface area contributed by atoms with Gasteiger partial charge in [0.15, 0.2) is 0 Å². The highest BCUT2D eigenvalue weighted by atomic mass is 32.1. The molecule has 1 fully saturated rings. The highest BCUT2D eigenvalue weighted by Gasteiger charge is 2.32. The van der Waals surface area contributed by atoms with Gasteiger partial charge in [0.1, 0.15) is 4.88 Å². The Kier molecular flexibility index (Phi) is 3.19. The van der Waals surface area contributed by atoms with Crippen molar-refractivity contribution >= 4 is 28.1 Å². The van der Waals surface area contributed by atoms with Crippen LogP contribution in [0, 0.1) is 0 Å². The Balaban J connectivity index is 1.73. The number of aromatic carboxylic acids is 1. The Morgan fingerprint density at radius 3 is 2.73 bits per heavy atom. The van der Waals surface area contributed by atoms with Crippen LogP contribution < -0.4 is 0 Å². The van der Waals surface area contributed by atoms with E-state index in [1.165, 1.54) is 27.7 Å². The standard InChI is InChI=1S/C18H15NO2S/c20-18(21)17-16(12-8-9-12)19-15(22-17)10-13-6-3-5-11-4-1-2-7-14(11)13/h1-7,12H,8-10H2,(H,20,21). The minimum Gasteiger partial charge on any atom is -0.477 e. The van der Waals surface area contributed by atoms with Crippen LogP contribution in [-0.4, -0.2) is 16.1 Å². The molecule has 0 radical (unpaired) electrons. The lowest BCUT2D eigenvalue weighted by Gasteiger charge is -2.04. The zero-order valence-corrected chi connectivity index (χ0v) is 12.8. The van der Waals surface area contributed by atoms with E-state index in [-0.39, 0.29) is 0 Å². The first-order chi connectivity index (χ1) is 10.7. The van der Waals surface area contributed by atoms with Crippen molar-refractivity contribution in [3.8, 4) is 0 Å². The molecule has 0 saturated heterocycles. The van der Waals surface area contributed by atoms with E-state index in [0.29, 0.717) is 17.2 Å². The Hall–Kier alpha value is -2.20. The first-order valence-corrected chi connectivity index (χ1v) is 8.23. The number of carboxylic acids is 1. The average Bonchev–Trinajstić information content (AvgIpc) is 3.28. The van der Waals surface area contributed by atoms with E-state index in [1.54, 1.807) is 0 Å². The maximum absolute atomic E-state index is 11.4. The molecule has 1 heterocycles. The summed E-state index contributed by atoms with van der Waals surface area (Å²) in [6.07, 6.45) is 2.83. The number of carboxylic acid groups (broad SMARTS) is 1. The van der Waals surface area contributed by atoms with E-state index in [1.807, 2.05) is 18.2 Å². The molecule has 4 rings (SSSR count). The molecule has 0 amide bonds. The molecule has 1 N–H and O–H groups in total. The number of carbonyl (C=O) groups is 1. The Labute approximate surface area is 132 Å². The fourth-order valence-corrected chi connectivity index (χ4v) is 3.86. The molecule has 1 aliphatic carbocycles. The van der Waals surface area contributed by atoms with Gasteiger partial charge in [0.25, 0.3) is 0 Å². The zero-order chi connectivity index (χ0) is 15.1. The zero-order valence-electron chi connectivity index (χ0n) is 12.0. The van der Waals surface area contributed by atoms with Gasteiger partial charge in [0.2, 0.25) is 0 Å². The number of benzene rings is 2. The summed E-state index contributed by atoms with van der Waals surface area (Å²) in [5, 5.41) is 12.7. The fourth-order valence-electron chi connectivity index (χ4n) is 2.85. The van der Waals surface area contributed by atoms with E-state index < -0.39 is 5.97 Å². The molecule has 4 heteroatoms. The molecule has 0 bridgehead atoms. The third kappa shape index (κ3) is 2.40. The van der Waals surface area contributed by atoms with Crippen LogP contribution in [-0.2, 0) is 6.42 Å². The second-order valence-electron chi connectivity index (χ2n) is 5.72. The number of aromatic nitrogens is 1. The number of nitrogens with zero attached hydrogens (tertiary/aromatic N) is 1. The van der Waals surface area contributed by atoms with Crippen molar-refractivity contribution in [1.82, 2.24) is 4.98 Å². The van der Waals surface area contributed by atoms with Crippen molar-refractivity contribution in [2.45, 2.75) is 25.2 Å². The lowest BCUT2D eigenvalue weighted by molar-refractivity contribution is 0.0700. The van der Waals surface area contributed by atoms with Gasteiger partial charge < -0.3 is 5.11 Å².